The Kier molecular flexibility index (Phi) is 7.55. The summed E-state index contributed by atoms with van der Waals surface area (Å²) in [5.74, 6) is 2.40. The van der Waals surface area contributed by atoms with Gasteiger partial charge in [-0.15, -0.1) is 24.0 Å². The topological polar surface area (TPSA) is 36.9 Å². The van der Waals surface area contributed by atoms with Gasteiger partial charge in [0, 0.05) is 32.1 Å². The van der Waals surface area contributed by atoms with E-state index in [1.165, 1.54) is 18.4 Å². The molecule has 2 fully saturated rings. The second kappa shape index (κ2) is 9.21. The Bertz CT molecular complexity index is 559. The molecule has 140 valence electrons. The molecule has 0 saturated carbocycles. The highest BCUT2D eigenvalue weighted by atomic mass is 127. The van der Waals surface area contributed by atoms with E-state index in [-0.39, 0.29) is 29.4 Å². The number of rotatable bonds is 4. The van der Waals surface area contributed by atoms with E-state index in [0.29, 0.717) is 11.8 Å². The SMILES string of the molecule is CCC1CN(C(=NC)NCC2(C)COC2)CCC1c1ccccc1.I. The number of halogens is 1. The number of nitrogens with one attached hydrogen (secondary N) is 1. The molecule has 5 heteroatoms. The fraction of sp³-hybridized carbons (Fsp3) is 0.650. The van der Waals surface area contributed by atoms with Crippen LogP contribution in [0.5, 0.6) is 0 Å². The van der Waals surface area contributed by atoms with Gasteiger partial charge in [0.1, 0.15) is 0 Å². The number of hydrogen-bond acceptors (Lipinski definition) is 2. The highest BCUT2D eigenvalue weighted by Crippen LogP contribution is 2.35. The Hall–Kier alpha value is -0.820. The fourth-order valence-electron chi connectivity index (χ4n) is 3.95. The van der Waals surface area contributed by atoms with Gasteiger partial charge in [0.05, 0.1) is 13.2 Å². The van der Waals surface area contributed by atoms with Crippen molar-refractivity contribution < 1.29 is 4.74 Å². The van der Waals surface area contributed by atoms with Crippen molar-refractivity contribution in [3.05, 3.63) is 35.9 Å². The average molecular weight is 457 g/mol. The van der Waals surface area contributed by atoms with Crippen LogP contribution >= 0.6 is 24.0 Å². The first-order chi connectivity index (χ1) is 11.6. The summed E-state index contributed by atoms with van der Waals surface area (Å²) in [6.45, 7) is 9.39. The molecule has 0 amide bonds. The van der Waals surface area contributed by atoms with Crippen molar-refractivity contribution in [3.63, 3.8) is 0 Å². The molecule has 0 bridgehead atoms. The van der Waals surface area contributed by atoms with E-state index < -0.39 is 0 Å². The lowest BCUT2D eigenvalue weighted by Gasteiger charge is -2.42. The lowest BCUT2D eigenvalue weighted by atomic mass is 9.79. The number of hydrogen-bond donors (Lipinski definition) is 1. The molecule has 2 aliphatic heterocycles. The van der Waals surface area contributed by atoms with E-state index in [1.54, 1.807) is 0 Å². The van der Waals surface area contributed by atoms with E-state index in [4.69, 9.17) is 4.74 Å². The zero-order valence-electron chi connectivity index (χ0n) is 15.7. The molecule has 0 spiro atoms. The van der Waals surface area contributed by atoms with Gasteiger partial charge < -0.3 is 15.0 Å². The molecule has 0 aliphatic carbocycles. The number of guanidine groups is 1. The third kappa shape index (κ3) is 4.88. The first-order valence-corrected chi connectivity index (χ1v) is 9.23. The van der Waals surface area contributed by atoms with Crippen LogP contribution in [0.3, 0.4) is 0 Å². The maximum atomic E-state index is 5.35. The first-order valence-electron chi connectivity index (χ1n) is 9.23. The second-order valence-corrected chi connectivity index (χ2v) is 7.62. The molecule has 1 N–H and O–H groups in total. The number of nitrogens with zero attached hydrogens (tertiary/aromatic N) is 2. The van der Waals surface area contributed by atoms with Crippen molar-refractivity contribution in [2.45, 2.75) is 32.6 Å². The monoisotopic (exact) mass is 457 g/mol. The van der Waals surface area contributed by atoms with Crippen LogP contribution in [0.2, 0.25) is 0 Å². The van der Waals surface area contributed by atoms with Gasteiger partial charge in [0.15, 0.2) is 5.96 Å². The summed E-state index contributed by atoms with van der Waals surface area (Å²) < 4.78 is 5.35. The summed E-state index contributed by atoms with van der Waals surface area (Å²) in [6, 6.07) is 11.0. The zero-order valence-corrected chi connectivity index (χ0v) is 18.0. The van der Waals surface area contributed by atoms with Gasteiger partial charge in [-0.25, -0.2) is 0 Å². The molecule has 2 atom stereocenters. The molecule has 2 saturated heterocycles. The Labute approximate surface area is 169 Å². The maximum absolute atomic E-state index is 5.35. The lowest BCUT2D eigenvalue weighted by molar-refractivity contribution is -0.0973. The summed E-state index contributed by atoms with van der Waals surface area (Å²) in [5.41, 5.74) is 1.76. The molecule has 2 heterocycles. The number of piperidine rings is 1. The van der Waals surface area contributed by atoms with Gasteiger partial charge in [-0.05, 0) is 23.8 Å². The zero-order chi connectivity index (χ0) is 17.0. The molecule has 25 heavy (non-hydrogen) atoms. The van der Waals surface area contributed by atoms with Crippen molar-refractivity contribution in [1.82, 2.24) is 10.2 Å². The number of ether oxygens (including phenoxy) is 1. The third-order valence-corrected chi connectivity index (χ3v) is 5.57. The van der Waals surface area contributed by atoms with Crippen molar-refractivity contribution in [1.29, 1.82) is 0 Å². The molecule has 0 aromatic heterocycles. The van der Waals surface area contributed by atoms with Gasteiger partial charge in [0.2, 0.25) is 0 Å². The highest BCUT2D eigenvalue weighted by Gasteiger charge is 2.35. The van der Waals surface area contributed by atoms with Crippen LogP contribution in [0.4, 0.5) is 0 Å². The Morgan fingerprint density at radius 1 is 1.32 bits per heavy atom. The van der Waals surface area contributed by atoms with Crippen LogP contribution in [0.25, 0.3) is 0 Å². The van der Waals surface area contributed by atoms with Gasteiger partial charge >= 0.3 is 0 Å². The molecule has 1 aromatic carbocycles. The predicted molar refractivity (Wildman–Crippen MR) is 115 cm³/mol. The molecular formula is C20H32IN3O. The molecule has 0 radical (unpaired) electrons. The number of likely N-dealkylation sites (tertiary alicyclic amines) is 1. The standard InChI is InChI=1S/C20H31N3O.HI/c1-4-16-12-23(11-10-18(16)17-8-6-5-7-9-17)19(21-3)22-13-20(2)14-24-15-20;/h5-9,16,18H,4,10-15H2,1-3H3,(H,21,22);1H. The Morgan fingerprint density at radius 3 is 2.60 bits per heavy atom. The largest absolute Gasteiger partial charge is 0.380 e. The second-order valence-electron chi connectivity index (χ2n) is 7.62. The fourth-order valence-corrected chi connectivity index (χ4v) is 3.95. The summed E-state index contributed by atoms with van der Waals surface area (Å²) in [6.07, 6.45) is 2.40. The van der Waals surface area contributed by atoms with Crippen molar-refractivity contribution >= 4 is 29.9 Å². The average Bonchev–Trinajstić information content (AvgIpc) is 2.61. The number of aliphatic imine (C=N–C) groups is 1. The summed E-state index contributed by atoms with van der Waals surface area (Å²) in [5, 5.41) is 3.58. The minimum atomic E-state index is 0. The van der Waals surface area contributed by atoms with Crippen LogP contribution in [-0.4, -0.2) is 50.8 Å². The third-order valence-electron chi connectivity index (χ3n) is 5.57. The molecule has 2 unspecified atom stereocenters. The Balaban J connectivity index is 0.00000225. The van der Waals surface area contributed by atoms with Crippen molar-refractivity contribution in [2.75, 3.05) is 39.9 Å². The van der Waals surface area contributed by atoms with Crippen molar-refractivity contribution in [3.8, 4) is 0 Å². The van der Waals surface area contributed by atoms with Gasteiger partial charge in [-0.3, -0.25) is 4.99 Å². The van der Waals surface area contributed by atoms with E-state index in [1.807, 2.05) is 7.05 Å². The smallest absolute Gasteiger partial charge is 0.193 e. The van der Waals surface area contributed by atoms with Crippen molar-refractivity contribution in [2.24, 2.45) is 16.3 Å². The van der Waals surface area contributed by atoms with E-state index in [0.717, 1.165) is 38.8 Å². The quantitative estimate of drug-likeness (QED) is 0.426. The highest BCUT2D eigenvalue weighted by molar-refractivity contribution is 14.0. The summed E-state index contributed by atoms with van der Waals surface area (Å²) in [7, 11) is 1.90. The van der Waals surface area contributed by atoms with Crippen LogP contribution in [0, 0.1) is 11.3 Å². The van der Waals surface area contributed by atoms with Gasteiger partial charge in [-0.1, -0.05) is 50.6 Å². The van der Waals surface area contributed by atoms with Crippen LogP contribution in [0.1, 0.15) is 38.2 Å². The van der Waals surface area contributed by atoms with Gasteiger partial charge in [0.25, 0.3) is 0 Å². The molecular weight excluding hydrogens is 425 g/mol. The Morgan fingerprint density at radius 2 is 2.04 bits per heavy atom. The van der Waals surface area contributed by atoms with Crippen LogP contribution in [0.15, 0.2) is 35.3 Å². The minimum absolute atomic E-state index is 0. The van der Waals surface area contributed by atoms with E-state index in [9.17, 15) is 0 Å². The summed E-state index contributed by atoms with van der Waals surface area (Å²) >= 11 is 0. The normalized spacial score (nSPS) is 25.7. The summed E-state index contributed by atoms with van der Waals surface area (Å²) in [4.78, 5) is 6.97. The van der Waals surface area contributed by atoms with Gasteiger partial charge in [-0.2, -0.15) is 0 Å². The predicted octanol–water partition coefficient (Wildman–Crippen LogP) is 3.73. The first kappa shape index (κ1) is 20.5. The van der Waals surface area contributed by atoms with E-state index >= 15 is 0 Å². The molecule has 3 rings (SSSR count). The molecule has 4 nitrogen and oxygen atoms in total. The molecule has 1 aromatic rings. The van der Waals surface area contributed by atoms with E-state index in [2.05, 4.69) is 59.4 Å². The molecule has 2 aliphatic rings. The van der Waals surface area contributed by atoms with Crippen LogP contribution in [-0.2, 0) is 4.74 Å². The minimum Gasteiger partial charge on any atom is -0.380 e. The lowest BCUT2D eigenvalue weighted by Crippen LogP contribution is -2.54. The maximum Gasteiger partial charge on any atom is 0.193 e. The van der Waals surface area contributed by atoms with Crippen LogP contribution < -0.4 is 5.32 Å². The number of benzene rings is 1.